The van der Waals surface area contributed by atoms with Crippen LogP contribution in [0.15, 0.2) is 54.7 Å². The van der Waals surface area contributed by atoms with E-state index in [9.17, 15) is 112 Å². The van der Waals surface area contributed by atoms with E-state index in [2.05, 4.69) is 58.2 Å². The molecule has 2 aromatic carbocycles. The minimum absolute atomic E-state index is 0.0111. The molecule has 0 aliphatic carbocycles. The Bertz CT molecular complexity index is 3640. The lowest BCUT2D eigenvalue weighted by molar-refractivity contribution is -0.144. The number of hydrogen-bond acceptors (Lipinski definition) is 20. The van der Waals surface area contributed by atoms with E-state index in [0.29, 0.717) is 22.0 Å². The number of H-pyrrole nitrogens is 1. The van der Waals surface area contributed by atoms with Gasteiger partial charge in [-0.25, -0.2) is 4.79 Å². The smallest absolute Gasteiger partial charge is 0.326 e. The molecule has 0 radical (unpaired) electrons. The molecule has 12 amide bonds. The number of aromatic nitrogens is 1. The van der Waals surface area contributed by atoms with Crippen LogP contribution in [0.2, 0.25) is 0 Å². The van der Waals surface area contributed by atoms with Gasteiger partial charge < -0.3 is 111 Å². The summed E-state index contributed by atoms with van der Waals surface area (Å²) in [7, 11) is 0. The van der Waals surface area contributed by atoms with E-state index in [-0.39, 0.29) is 49.7 Å². The molecule has 1 aromatic heterocycles. The SMILES string of the molecule is CC(C)C[C@H](NC(=O)[C@H](CC(C)C)NC(=O)[C@H](CCC(=O)O)NC(=O)[C@H](CCC(N)=O)NC(=O)[C@H](Cc1c[nH]c2ccccc12)NC(=O)[C@@H](NC(=O)[C@H](CC(C)C)NC(=O)[C@@H](N)Cc1ccc(O)cc1)[C@@H](C)O)C(=O)NCC(=O)N[C@@H](CCC(=O)O)C(=O)N[C@@H](CCC(=O)O)C(=O)N[C@@H](CCC(=O)O)C(=O)O. The molecule has 12 atom stereocenters. The number of benzene rings is 2. The number of nitrogens with one attached hydrogen (secondary N) is 12. The Labute approximate surface area is 614 Å². The number of carbonyl (C=O) groups is 17. The fourth-order valence-electron chi connectivity index (χ4n) is 10.9. The number of para-hydroxylation sites is 1. The zero-order valence-electron chi connectivity index (χ0n) is 60.4. The molecule has 3 rings (SSSR count). The molecule has 0 bridgehead atoms. The van der Waals surface area contributed by atoms with Gasteiger partial charge in [0.1, 0.15) is 66.2 Å². The van der Waals surface area contributed by atoms with Gasteiger partial charge in [0.15, 0.2) is 0 Å². The quantitative estimate of drug-likeness (QED) is 0.0273. The first-order valence-corrected chi connectivity index (χ1v) is 34.6. The molecule has 0 aliphatic rings. The number of carboxylic acids is 5. The number of carbonyl (C=O) groups excluding carboxylic acids is 12. The topological polar surface area (TPSA) is 632 Å². The molecule has 3 aromatic rings. The number of phenols is 1. The van der Waals surface area contributed by atoms with Gasteiger partial charge in [0.25, 0.3) is 0 Å². The predicted molar refractivity (Wildman–Crippen MR) is 378 cm³/mol. The molecule has 38 nitrogen and oxygen atoms in total. The zero-order chi connectivity index (χ0) is 80.5. The maximum atomic E-state index is 14.8. The van der Waals surface area contributed by atoms with Crippen molar-refractivity contribution in [1.82, 2.24) is 63.5 Å². The molecule has 107 heavy (non-hydrogen) atoms. The van der Waals surface area contributed by atoms with Crippen LogP contribution in [-0.2, 0) is 94.3 Å². The van der Waals surface area contributed by atoms with Gasteiger partial charge in [-0.2, -0.15) is 0 Å². The predicted octanol–water partition coefficient (Wildman–Crippen LogP) is -2.72. The second kappa shape index (κ2) is 44.5. The summed E-state index contributed by atoms with van der Waals surface area (Å²) in [6.45, 7) is 10.3. The third-order valence-corrected chi connectivity index (χ3v) is 16.4. The number of phenolic OH excluding ortho intramolecular Hbond substituents is 1. The van der Waals surface area contributed by atoms with Crippen LogP contribution in [-0.4, -0.2) is 221 Å². The zero-order valence-corrected chi connectivity index (χ0v) is 60.4. The number of aliphatic carboxylic acids is 5. The highest BCUT2D eigenvalue weighted by atomic mass is 16.4. The highest BCUT2D eigenvalue weighted by molar-refractivity contribution is 6.00. The summed E-state index contributed by atoms with van der Waals surface area (Å²) in [5.41, 5.74) is 13.4. The van der Waals surface area contributed by atoms with Crippen molar-refractivity contribution in [3.8, 4) is 5.75 Å². The molecular weight excluding hydrogens is 1410 g/mol. The van der Waals surface area contributed by atoms with Crippen LogP contribution < -0.4 is 70.0 Å². The molecule has 0 unspecified atom stereocenters. The summed E-state index contributed by atoms with van der Waals surface area (Å²) in [5, 5.41) is 94.7. The lowest BCUT2D eigenvalue weighted by atomic mass is 9.99. The molecular formula is C69H100N14O24. The normalized spacial score (nSPS) is 14.6. The van der Waals surface area contributed by atoms with Crippen molar-refractivity contribution >= 4 is 112 Å². The van der Waals surface area contributed by atoms with Crippen molar-refractivity contribution in [3.05, 3.63) is 65.9 Å². The molecule has 1 heterocycles. The fraction of sp³-hybridized carbons (Fsp3) is 0.551. The Morgan fingerprint density at radius 2 is 0.776 bits per heavy atom. The third-order valence-electron chi connectivity index (χ3n) is 16.4. The summed E-state index contributed by atoms with van der Waals surface area (Å²) < 4.78 is 0. The van der Waals surface area contributed by atoms with Gasteiger partial charge in [0.2, 0.25) is 70.9 Å². The standard InChI is InChI=1S/C69H100N14O24/c1-33(2)26-48(60(97)73-32-53(87)74-43(17-22-54(88)89)61(98)75-45(18-23-55(90)91)63(100)78-47(69(106)107)20-25-57(94)95)80-65(102)49(27-34(3)4)81-64(101)46(19-24-56(92)93)76-62(99)44(16-21-52(71)86)77-66(103)51(30-38-31-72-42-11-9-8-10-40(38)42)82-68(105)58(36(7)84)83-67(104)50(28-35(5)6)79-59(96)41(70)29-37-12-14-39(85)15-13-37/h8-15,31,33-36,41,43-51,58,72,84-85H,16-30,32,70H2,1-7H3,(H2,71,86)(H,73,97)(H,74,87)(H,75,98)(H,76,99)(H,77,103)(H,78,100)(H,79,96)(H,80,102)(H,81,101)(H,82,105)(H,83,104)(H,88,89)(H,90,91)(H,92,93)(H,94,95)(H,106,107)/t36-,41+,43+,44+,45+,46+,47+,48+,49+,50+,51+,58+/m1/s1. The van der Waals surface area contributed by atoms with Crippen molar-refractivity contribution in [1.29, 1.82) is 0 Å². The van der Waals surface area contributed by atoms with Crippen molar-refractivity contribution in [2.45, 2.75) is 217 Å². The average Bonchev–Trinajstić information content (AvgIpc) is 1.79. The van der Waals surface area contributed by atoms with E-state index in [1.807, 2.05) is 5.32 Å². The van der Waals surface area contributed by atoms with E-state index in [1.54, 1.807) is 77.9 Å². The van der Waals surface area contributed by atoms with E-state index in [0.717, 1.165) is 0 Å². The first-order valence-electron chi connectivity index (χ1n) is 34.6. The maximum absolute atomic E-state index is 14.8. The van der Waals surface area contributed by atoms with Crippen LogP contribution in [0.5, 0.6) is 5.75 Å². The highest BCUT2D eigenvalue weighted by Gasteiger charge is 2.38. The number of aromatic hydroxyl groups is 1. The maximum Gasteiger partial charge on any atom is 0.326 e. The minimum Gasteiger partial charge on any atom is -0.508 e. The summed E-state index contributed by atoms with van der Waals surface area (Å²) in [5.74, 6) is -21.5. The monoisotopic (exact) mass is 1510 g/mol. The lowest BCUT2D eigenvalue weighted by Crippen LogP contribution is -2.62. The second-order valence-corrected chi connectivity index (χ2v) is 27.1. The van der Waals surface area contributed by atoms with Crippen LogP contribution in [0.1, 0.15) is 143 Å². The molecule has 0 spiro atoms. The van der Waals surface area contributed by atoms with E-state index >= 15 is 0 Å². The Morgan fingerprint density at radius 3 is 1.21 bits per heavy atom. The van der Waals surface area contributed by atoms with Gasteiger partial charge in [0.05, 0.1) is 18.7 Å². The summed E-state index contributed by atoms with van der Waals surface area (Å²) in [6.07, 6.45) is -7.60. The van der Waals surface area contributed by atoms with E-state index in [4.69, 9.17) is 16.6 Å². The van der Waals surface area contributed by atoms with E-state index < -0.39 is 250 Å². The summed E-state index contributed by atoms with van der Waals surface area (Å²) in [6, 6.07) is -5.43. The first-order chi connectivity index (χ1) is 50.1. The number of nitrogens with two attached hydrogens (primary N) is 2. The number of carboxylic acid groups (broad SMARTS) is 5. The molecule has 0 fully saturated rings. The number of amides is 12. The van der Waals surface area contributed by atoms with Crippen molar-refractivity contribution in [2.75, 3.05) is 6.54 Å². The molecule has 0 aliphatic heterocycles. The molecule has 0 saturated carbocycles. The number of hydrogen-bond donors (Lipinski definition) is 21. The van der Waals surface area contributed by atoms with Crippen molar-refractivity contribution in [2.24, 2.45) is 29.2 Å². The second-order valence-electron chi connectivity index (χ2n) is 27.1. The van der Waals surface area contributed by atoms with Gasteiger partial charge in [0, 0.05) is 55.6 Å². The number of rotatable bonds is 49. The third kappa shape index (κ3) is 33.1. The summed E-state index contributed by atoms with van der Waals surface area (Å²) in [4.78, 5) is 228. The molecule has 38 heteroatoms. The number of aliphatic hydroxyl groups excluding tert-OH is 1. The van der Waals surface area contributed by atoms with Gasteiger partial charge >= 0.3 is 29.8 Å². The number of aromatic amines is 1. The Hall–Kier alpha value is -11.3. The van der Waals surface area contributed by atoms with Crippen LogP contribution in [0.4, 0.5) is 0 Å². The number of fused-ring (bicyclic) bond motifs is 1. The Kier molecular flexibility index (Phi) is 37.4. The first kappa shape index (κ1) is 89.9. The van der Waals surface area contributed by atoms with Gasteiger partial charge in [-0.1, -0.05) is 71.9 Å². The van der Waals surface area contributed by atoms with Crippen LogP contribution in [0.3, 0.4) is 0 Å². The molecule has 0 saturated heterocycles. The lowest BCUT2D eigenvalue weighted by Gasteiger charge is -2.29. The largest absolute Gasteiger partial charge is 0.508 e. The molecule has 590 valence electrons. The highest BCUT2D eigenvalue weighted by Crippen LogP contribution is 2.21. The summed E-state index contributed by atoms with van der Waals surface area (Å²) >= 11 is 0. The van der Waals surface area contributed by atoms with E-state index in [1.165, 1.54) is 25.3 Å². The molecule has 23 N–H and O–H groups in total. The number of aliphatic hydroxyl groups is 1. The van der Waals surface area contributed by atoms with Crippen molar-refractivity contribution in [3.63, 3.8) is 0 Å². The van der Waals surface area contributed by atoms with Crippen LogP contribution in [0, 0.1) is 17.8 Å². The number of primary amides is 1. The van der Waals surface area contributed by atoms with Crippen LogP contribution in [0.25, 0.3) is 10.9 Å². The Balaban J connectivity index is 1.93. The fourth-order valence-corrected chi connectivity index (χ4v) is 10.9. The van der Waals surface area contributed by atoms with Crippen LogP contribution >= 0.6 is 0 Å². The van der Waals surface area contributed by atoms with Gasteiger partial charge in [-0.15, -0.1) is 0 Å². The Morgan fingerprint density at radius 1 is 0.411 bits per heavy atom. The average molecular weight is 1510 g/mol. The van der Waals surface area contributed by atoms with Gasteiger partial charge in [-0.3, -0.25) is 76.7 Å². The van der Waals surface area contributed by atoms with Crippen molar-refractivity contribution < 1.29 is 117 Å². The minimum atomic E-state index is -1.84. The van der Waals surface area contributed by atoms with Gasteiger partial charge in [-0.05, 0) is 112 Å².